The first-order chi connectivity index (χ1) is 16.3. The van der Waals surface area contributed by atoms with Crippen LogP contribution in [0.1, 0.15) is 89.8 Å². The fraction of sp³-hybridized carbons (Fsp3) is 0.630. The topological polar surface area (TPSA) is 105 Å². The number of hydrogen-bond acceptors (Lipinski definition) is 8. The van der Waals surface area contributed by atoms with Crippen LogP contribution >= 0.6 is 0 Å². The summed E-state index contributed by atoms with van der Waals surface area (Å²) >= 11 is 0. The first-order valence-electron chi connectivity index (χ1n) is 12.1. The van der Waals surface area contributed by atoms with Crippen LogP contribution in [0.2, 0.25) is 0 Å². The van der Waals surface area contributed by atoms with Crippen LogP contribution in [0.4, 0.5) is 0 Å². The zero-order chi connectivity index (χ0) is 26.1. The highest BCUT2D eigenvalue weighted by atomic mass is 16.6. The largest absolute Gasteiger partial charge is 0.468 e. The lowest BCUT2D eigenvalue weighted by Gasteiger charge is -2.54. The summed E-state index contributed by atoms with van der Waals surface area (Å²) in [6, 6.07) is 1.90. The summed E-state index contributed by atoms with van der Waals surface area (Å²) in [6.45, 7) is 10.1. The van der Waals surface area contributed by atoms with E-state index in [2.05, 4.69) is 13.8 Å². The van der Waals surface area contributed by atoms with E-state index in [1.807, 2.05) is 13.0 Å². The molecule has 35 heavy (non-hydrogen) atoms. The van der Waals surface area contributed by atoms with Gasteiger partial charge < -0.3 is 18.9 Å². The van der Waals surface area contributed by atoms with Crippen LogP contribution in [-0.2, 0) is 40.5 Å². The van der Waals surface area contributed by atoms with Crippen LogP contribution in [-0.4, -0.2) is 37.6 Å². The van der Waals surface area contributed by atoms with Crippen LogP contribution in [0.25, 0.3) is 0 Å². The van der Waals surface area contributed by atoms with Gasteiger partial charge in [-0.25, -0.2) is 0 Å². The fourth-order valence-electron chi connectivity index (χ4n) is 6.19. The molecule has 0 aromatic heterocycles. The highest BCUT2D eigenvalue weighted by molar-refractivity contribution is 5.88. The van der Waals surface area contributed by atoms with Crippen molar-refractivity contribution in [2.24, 2.45) is 11.3 Å². The van der Waals surface area contributed by atoms with Crippen molar-refractivity contribution in [2.75, 3.05) is 13.7 Å². The van der Waals surface area contributed by atoms with Gasteiger partial charge >= 0.3 is 23.9 Å². The minimum atomic E-state index is -1.04. The van der Waals surface area contributed by atoms with Crippen LogP contribution < -0.4 is 9.47 Å². The van der Waals surface area contributed by atoms with E-state index in [1.54, 1.807) is 0 Å². The van der Waals surface area contributed by atoms with E-state index in [4.69, 9.17) is 18.9 Å². The van der Waals surface area contributed by atoms with Crippen LogP contribution in [0.3, 0.4) is 0 Å². The van der Waals surface area contributed by atoms with Gasteiger partial charge in [-0.05, 0) is 42.6 Å². The van der Waals surface area contributed by atoms with Gasteiger partial charge in [0.2, 0.25) is 0 Å². The summed E-state index contributed by atoms with van der Waals surface area (Å²) in [6.07, 6.45) is 3.72. The quantitative estimate of drug-likeness (QED) is 0.429. The lowest BCUT2D eigenvalue weighted by Crippen LogP contribution is -2.55. The van der Waals surface area contributed by atoms with Crippen molar-refractivity contribution >= 4 is 23.9 Å². The SMILES string of the molecule is COC(=O)C12CCCC(C)(C)C1CCc1cc(C(C)COC(C)=O)c(OC(C)=O)c(OC(C)=O)c12. The average molecular weight is 489 g/mol. The maximum atomic E-state index is 13.6. The first-order valence-corrected chi connectivity index (χ1v) is 12.1. The molecule has 3 rings (SSSR count). The molecule has 8 heteroatoms. The van der Waals surface area contributed by atoms with Gasteiger partial charge in [0.1, 0.15) is 5.41 Å². The van der Waals surface area contributed by atoms with Gasteiger partial charge in [-0.1, -0.05) is 33.3 Å². The third kappa shape index (κ3) is 4.93. The Bertz CT molecular complexity index is 1040. The van der Waals surface area contributed by atoms with E-state index < -0.39 is 23.3 Å². The van der Waals surface area contributed by atoms with Gasteiger partial charge in [0.25, 0.3) is 0 Å². The summed E-state index contributed by atoms with van der Waals surface area (Å²) in [7, 11) is 1.37. The van der Waals surface area contributed by atoms with E-state index >= 15 is 0 Å². The van der Waals surface area contributed by atoms with Crippen molar-refractivity contribution in [3.8, 4) is 11.5 Å². The molecule has 1 aromatic carbocycles. The van der Waals surface area contributed by atoms with Gasteiger partial charge in [0.05, 0.1) is 13.7 Å². The van der Waals surface area contributed by atoms with Crippen molar-refractivity contribution in [3.63, 3.8) is 0 Å². The van der Waals surface area contributed by atoms with E-state index in [0.717, 1.165) is 24.8 Å². The number of benzene rings is 1. The van der Waals surface area contributed by atoms with E-state index in [1.165, 1.54) is 27.9 Å². The van der Waals surface area contributed by atoms with Crippen molar-refractivity contribution < 1.29 is 38.1 Å². The predicted molar refractivity (Wildman–Crippen MR) is 127 cm³/mol. The average Bonchev–Trinajstić information content (AvgIpc) is 2.76. The zero-order valence-corrected chi connectivity index (χ0v) is 21.7. The normalized spacial score (nSPS) is 23.2. The summed E-state index contributed by atoms with van der Waals surface area (Å²) in [5.41, 5.74) is 0.802. The molecule has 8 nitrogen and oxygen atoms in total. The second kappa shape index (κ2) is 9.99. The molecule has 1 fully saturated rings. The molecule has 0 bridgehead atoms. The zero-order valence-electron chi connectivity index (χ0n) is 21.7. The molecule has 0 spiro atoms. The van der Waals surface area contributed by atoms with E-state index in [9.17, 15) is 19.2 Å². The van der Waals surface area contributed by atoms with Gasteiger partial charge in [-0.3, -0.25) is 19.2 Å². The number of aryl methyl sites for hydroxylation is 1. The molecule has 0 amide bonds. The van der Waals surface area contributed by atoms with Crippen LogP contribution in [0.5, 0.6) is 11.5 Å². The molecular weight excluding hydrogens is 452 g/mol. The number of esters is 4. The first kappa shape index (κ1) is 26.7. The third-order valence-electron chi connectivity index (χ3n) is 7.53. The van der Waals surface area contributed by atoms with Crippen molar-refractivity contribution in [1.82, 2.24) is 0 Å². The Balaban J connectivity index is 2.38. The molecule has 192 valence electrons. The molecule has 0 N–H and O–H groups in total. The Kier molecular flexibility index (Phi) is 7.62. The molecule has 1 aromatic rings. The lowest BCUT2D eigenvalue weighted by molar-refractivity contribution is -0.157. The minimum absolute atomic E-state index is 0.0486. The van der Waals surface area contributed by atoms with Crippen molar-refractivity contribution in [2.45, 2.75) is 85.0 Å². The second-order valence-corrected chi connectivity index (χ2v) is 10.4. The number of ether oxygens (including phenoxy) is 4. The summed E-state index contributed by atoms with van der Waals surface area (Å²) in [5.74, 6) is -2.23. The smallest absolute Gasteiger partial charge is 0.316 e. The number of hydrogen-bond donors (Lipinski definition) is 0. The Hall–Kier alpha value is -2.90. The van der Waals surface area contributed by atoms with E-state index in [0.29, 0.717) is 24.0 Å². The number of methoxy groups -OCH3 is 1. The molecule has 0 saturated heterocycles. The maximum absolute atomic E-state index is 13.6. The van der Waals surface area contributed by atoms with Gasteiger partial charge in [-0.2, -0.15) is 0 Å². The van der Waals surface area contributed by atoms with Crippen LogP contribution in [0, 0.1) is 11.3 Å². The number of carbonyl (C=O) groups is 4. The number of carbonyl (C=O) groups excluding carboxylic acids is 4. The van der Waals surface area contributed by atoms with Gasteiger partial charge in [0, 0.05) is 37.8 Å². The lowest BCUT2D eigenvalue weighted by atomic mass is 9.49. The molecule has 2 aliphatic carbocycles. The standard InChI is InChI=1S/C27H36O8/c1-15(14-33-16(2)28)20-13-19-9-10-21-26(5,6)11-8-12-27(21,25(31)32-7)22(19)24(35-18(4)30)23(20)34-17(3)29/h13,15,21H,8-12,14H2,1-7H3. The summed E-state index contributed by atoms with van der Waals surface area (Å²) < 4.78 is 22.0. The monoisotopic (exact) mass is 488 g/mol. The third-order valence-corrected chi connectivity index (χ3v) is 7.53. The predicted octanol–water partition coefficient (Wildman–Crippen LogP) is 4.39. The highest BCUT2D eigenvalue weighted by Crippen LogP contribution is 2.61. The van der Waals surface area contributed by atoms with Crippen molar-refractivity contribution in [1.29, 1.82) is 0 Å². The Morgan fingerprint density at radius 2 is 1.63 bits per heavy atom. The van der Waals surface area contributed by atoms with E-state index in [-0.39, 0.29) is 41.3 Å². The molecule has 3 atom stereocenters. The second-order valence-electron chi connectivity index (χ2n) is 10.4. The Labute approximate surface area is 206 Å². The maximum Gasteiger partial charge on any atom is 0.316 e. The Morgan fingerprint density at radius 3 is 2.20 bits per heavy atom. The summed E-state index contributed by atoms with van der Waals surface area (Å²) in [4.78, 5) is 49.5. The van der Waals surface area contributed by atoms with Crippen LogP contribution in [0.15, 0.2) is 6.07 Å². The summed E-state index contributed by atoms with van der Waals surface area (Å²) in [5, 5.41) is 0. The number of fused-ring (bicyclic) bond motifs is 3. The Morgan fingerprint density at radius 1 is 1.00 bits per heavy atom. The molecule has 0 heterocycles. The molecule has 0 radical (unpaired) electrons. The number of rotatable bonds is 6. The molecule has 1 saturated carbocycles. The fourth-order valence-corrected chi connectivity index (χ4v) is 6.19. The van der Waals surface area contributed by atoms with Crippen molar-refractivity contribution in [3.05, 3.63) is 22.8 Å². The molecular formula is C27H36O8. The van der Waals surface area contributed by atoms with Gasteiger partial charge in [0.15, 0.2) is 11.5 Å². The molecule has 2 aliphatic rings. The highest BCUT2D eigenvalue weighted by Gasteiger charge is 2.59. The molecule has 3 unspecified atom stereocenters. The van der Waals surface area contributed by atoms with Gasteiger partial charge in [-0.15, -0.1) is 0 Å². The minimum Gasteiger partial charge on any atom is -0.468 e. The molecule has 0 aliphatic heterocycles.